The predicted octanol–water partition coefficient (Wildman–Crippen LogP) is 2.53. The van der Waals surface area contributed by atoms with Crippen LogP contribution in [0, 0.1) is 6.92 Å². The van der Waals surface area contributed by atoms with Crippen LogP contribution in [-0.2, 0) is 16.0 Å². The molecule has 0 aliphatic carbocycles. The molecule has 0 aliphatic heterocycles. The third kappa shape index (κ3) is 5.75. The average molecular weight is 377 g/mol. The van der Waals surface area contributed by atoms with Crippen molar-refractivity contribution < 1.29 is 14.3 Å². The van der Waals surface area contributed by atoms with Gasteiger partial charge in [-0.15, -0.1) is 0 Å². The minimum absolute atomic E-state index is 0.187. The lowest BCUT2D eigenvalue weighted by atomic mass is 10.1. The molecule has 0 saturated carbocycles. The van der Waals surface area contributed by atoms with Crippen molar-refractivity contribution in [3.63, 3.8) is 0 Å². The maximum Gasteiger partial charge on any atom is 0.276 e. The van der Waals surface area contributed by atoms with Crippen molar-refractivity contribution in [2.75, 3.05) is 6.61 Å². The van der Waals surface area contributed by atoms with E-state index in [1.165, 1.54) is 0 Å². The van der Waals surface area contributed by atoms with Crippen molar-refractivity contribution in [1.29, 1.82) is 0 Å². The molecule has 120 valence electrons. The van der Waals surface area contributed by atoms with Crippen molar-refractivity contribution in [1.82, 2.24) is 10.9 Å². The van der Waals surface area contributed by atoms with Crippen molar-refractivity contribution in [2.45, 2.75) is 13.3 Å². The van der Waals surface area contributed by atoms with Crippen LogP contribution in [0.15, 0.2) is 53.0 Å². The smallest absolute Gasteiger partial charge is 0.276 e. The summed E-state index contributed by atoms with van der Waals surface area (Å²) >= 11 is 3.37. The minimum atomic E-state index is -0.432. The third-order valence-corrected chi connectivity index (χ3v) is 3.61. The number of aryl methyl sites for hydroxylation is 1. The zero-order valence-electron chi connectivity index (χ0n) is 12.6. The van der Waals surface area contributed by atoms with Crippen LogP contribution in [0.25, 0.3) is 0 Å². The maximum atomic E-state index is 11.7. The molecular formula is C17H17BrN2O3. The van der Waals surface area contributed by atoms with Gasteiger partial charge in [-0.3, -0.25) is 20.4 Å². The maximum absolute atomic E-state index is 11.7. The minimum Gasteiger partial charge on any atom is -0.483 e. The molecule has 0 unspecified atom stereocenters. The highest BCUT2D eigenvalue weighted by Gasteiger charge is 2.08. The SMILES string of the molecule is Cc1ccc(OCC(=O)NNC(=O)Cc2ccccc2)c(Br)c1. The Balaban J connectivity index is 1.73. The van der Waals surface area contributed by atoms with Gasteiger partial charge in [-0.05, 0) is 46.1 Å². The molecule has 0 bridgehead atoms. The van der Waals surface area contributed by atoms with Gasteiger partial charge in [0.2, 0.25) is 5.91 Å². The molecule has 23 heavy (non-hydrogen) atoms. The predicted molar refractivity (Wildman–Crippen MR) is 90.8 cm³/mol. The number of hydrogen-bond donors (Lipinski definition) is 2. The number of ether oxygens (including phenoxy) is 1. The highest BCUT2D eigenvalue weighted by molar-refractivity contribution is 9.10. The second-order valence-electron chi connectivity index (χ2n) is 4.98. The van der Waals surface area contributed by atoms with Gasteiger partial charge in [0, 0.05) is 0 Å². The summed E-state index contributed by atoms with van der Waals surface area (Å²) in [6, 6.07) is 14.8. The number of carbonyl (C=O) groups excluding carboxylic acids is 2. The van der Waals surface area contributed by atoms with Crippen molar-refractivity contribution >= 4 is 27.7 Å². The van der Waals surface area contributed by atoms with E-state index in [1.54, 1.807) is 6.07 Å². The van der Waals surface area contributed by atoms with Gasteiger partial charge in [-0.1, -0.05) is 36.4 Å². The van der Waals surface area contributed by atoms with Crippen LogP contribution < -0.4 is 15.6 Å². The molecule has 2 rings (SSSR count). The fraction of sp³-hybridized carbons (Fsp3) is 0.176. The molecule has 0 aromatic heterocycles. The Morgan fingerprint density at radius 3 is 2.43 bits per heavy atom. The zero-order valence-corrected chi connectivity index (χ0v) is 14.2. The lowest BCUT2D eigenvalue weighted by Gasteiger charge is -2.10. The number of carbonyl (C=O) groups is 2. The van der Waals surface area contributed by atoms with Gasteiger partial charge in [-0.2, -0.15) is 0 Å². The Hall–Kier alpha value is -2.34. The largest absolute Gasteiger partial charge is 0.483 e. The van der Waals surface area contributed by atoms with E-state index in [2.05, 4.69) is 26.8 Å². The van der Waals surface area contributed by atoms with Crippen LogP contribution in [0.5, 0.6) is 5.75 Å². The van der Waals surface area contributed by atoms with Crippen LogP contribution in [0.2, 0.25) is 0 Å². The molecule has 0 aliphatic rings. The molecule has 2 amide bonds. The molecule has 6 heteroatoms. The molecule has 2 aromatic carbocycles. The van der Waals surface area contributed by atoms with Gasteiger partial charge in [0.15, 0.2) is 6.61 Å². The first-order valence-corrected chi connectivity index (χ1v) is 7.84. The Morgan fingerprint density at radius 2 is 1.74 bits per heavy atom. The van der Waals surface area contributed by atoms with Crippen LogP contribution in [0.3, 0.4) is 0 Å². The van der Waals surface area contributed by atoms with Crippen LogP contribution in [-0.4, -0.2) is 18.4 Å². The van der Waals surface area contributed by atoms with Gasteiger partial charge in [-0.25, -0.2) is 0 Å². The third-order valence-electron chi connectivity index (χ3n) is 2.99. The van der Waals surface area contributed by atoms with E-state index in [9.17, 15) is 9.59 Å². The summed E-state index contributed by atoms with van der Waals surface area (Å²) < 4.78 is 6.17. The molecule has 0 saturated heterocycles. The molecule has 2 N–H and O–H groups in total. The zero-order chi connectivity index (χ0) is 16.7. The number of halogens is 1. The molecule has 0 spiro atoms. The number of rotatable bonds is 5. The Bertz CT molecular complexity index is 689. The summed E-state index contributed by atoms with van der Waals surface area (Å²) in [6.07, 6.45) is 0.200. The molecule has 0 atom stereocenters. The van der Waals surface area contributed by atoms with E-state index < -0.39 is 5.91 Å². The van der Waals surface area contributed by atoms with Gasteiger partial charge in [0.25, 0.3) is 5.91 Å². The van der Waals surface area contributed by atoms with Crippen LogP contribution >= 0.6 is 15.9 Å². The monoisotopic (exact) mass is 376 g/mol. The second-order valence-corrected chi connectivity index (χ2v) is 5.84. The lowest BCUT2D eigenvalue weighted by molar-refractivity contribution is -0.129. The van der Waals surface area contributed by atoms with Crippen molar-refractivity contribution in [2.24, 2.45) is 0 Å². The first-order chi connectivity index (χ1) is 11.0. The van der Waals surface area contributed by atoms with E-state index in [1.807, 2.05) is 49.4 Å². The number of nitrogens with one attached hydrogen (secondary N) is 2. The quantitative estimate of drug-likeness (QED) is 0.787. The van der Waals surface area contributed by atoms with Crippen LogP contribution in [0.1, 0.15) is 11.1 Å². The van der Waals surface area contributed by atoms with E-state index in [-0.39, 0.29) is 18.9 Å². The van der Waals surface area contributed by atoms with Gasteiger partial charge in [0.1, 0.15) is 5.75 Å². The summed E-state index contributed by atoms with van der Waals surface area (Å²) in [5.41, 5.74) is 6.64. The molecule has 0 heterocycles. The fourth-order valence-corrected chi connectivity index (χ4v) is 2.47. The summed E-state index contributed by atoms with van der Waals surface area (Å²) in [5.74, 6) is -0.152. The van der Waals surface area contributed by atoms with Crippen molar-refractivity contribution in [3.8, 4) is 5.75 Å². The van der Waals surface area contributed by atoms with Gasteiger partial charge < -0.3 is 4.74 Å². The molecule has 5 nitrogen and oxygen atoms in total. The van der Waals surface area contributed by atoms with E-state index in [0.717, 1.165) is 15.6 Å². The number of hydrazine groups is 1. The Labute approximate surface area is 143 Å². The Morgan fingerprint density at radius 1 is 1.04 bits per heavy atom. The number of amides is 2. The number of benzene rings is 2. The molecular weight excluding hydrogens is 360 g/mol. The van der Waals surface area contributed by atoms with Gasteiger partial charge in [0.05, 0.1) is 10.9 Å². The van der Waals surface area contributed by atoms with Gasteiger partial charge >= 0.3 is 0 Å². The normalized spacial score (nSPS) is 10.0. The Kier molecular flexibility index (Phi) is 6.17. The van der Waals surface area contributed by atoms with Crippen LogP contribution in [0.4, 0.5) is 0 Å². The summed E-state index contributed by atoms with van der Waals surface area (Å²) in [4.78, 5) is 23.4. The fourth-order valence-electron chi connectivity index (χ4n) is 1.87. The highest BCUT2D eigenvalue weighted by atomic mass is 79.9. The number of hydrogen-bond acceptors (Lipinski definition) is 3. The van der Waals surface area contributed by atoms with Crippen molar-refractivity contribution in [3.05, 3.63) is 64.1 Å². The molecule has 2 aromatic rings. The average Bonchev–Trinajstić information content (AvgIpc) is 2.53. The first-order valence-electron chi connectivity index (χ1n) is 7.05. The van der Waals surface area contributed by atoms with E-state index >= 15 is 0 Å². The lowest BCUT2D eigenvalue weighted by Crippen LogP contribution is -2.44. The summed E-state index contributed by atoms with van der Waals surface area (Å²) in [5, 5.41) is 0. The highest BCUT2D eigenvalue weighted by Crippen LogP contribution is 2.25. The summed E-state index contributed by atoms with van der Waals surface area (Å²) in [7, 11) is 0. The first kappa shape index (κ1) is 17.0. The van der Waals surface area contributed by atoms with E-state index in [4.69, 9.17) is 4.74 Å². The molecule has 0 fully saturated rings. The topological polar surface area (TPSA) is 67.4 Å². The summed E-state index contributed by atoms with van der Waals surface area (Å²) in [6.45, 7) is 1.77. The van der Waals surface area contributed by atoms with E-state index in [0.29, 0.717) is 5.75 Å². The second kappa shape index (κ2) is 8.33. The molecule has 0 radical (unpaired) electrons. The standard InChI is InChI=1S/C17H17BrN2O3/c1-12-7-8-15(14(18)9-12)23-11-17(22)20-19-16(21)10-13-5-3-2-4-6-13/h2-9H,10-11H2,1H3,(H,19,21)(H,20,22).